The molecule has 0 atom stereocenters. The molecule has 34 heavy (non-hydrogen) atoms. The van der Waals surface area contributed by atoms with Crippen LogP contribution in [0.4, 0.5) is 23.7 Å². The van der Waals surface area contributed by atoms with Gasteiger partial charge in [0.25, 0.3) is 0 Å². The number of aryl methyl sites for hydroxylation is 1. The molecule has 1 heterocycles. The average molecular weight is 490 g/mol. The predicted molar refractivity (Wildman–Crippen MR) is 127 cm³/mol. The minimum Gasteiger partial charge on any atom is -0.332 e. The van der Waals surface area contributed by atoms with Gasteiger partial charge in [0, 0.05) is 24.0 Å². The molecule has 1 N–H and O–H groups in total. The average Bonchev–Trinajstić information content (AvgIpc) is 3.20. The molecule has 2 aromatic carbocycles. The number of carbonyl (C=O) groups excluding carboxylic acids is 2. The summed E-state index contributed by atoms with van der Waals surface area (Å²) < 4.78 is 40.5. The van der Waals surface area contributed by atoms with Crippen molar-refractivity contribution in [2.45, 2.75) is 33.4 Å². The van der Waals surface area contributed by atoms with Gasteiger partial charge in [0.05, 0.1) is 12.2 Å². The summed E-state index contributed by atoms with van der Waals surface area (Å²) in [6.45, 7) is 4.43. The van der Waals surface area contributed by atoms with Crippen LogP contribution in [0.5, 0.6) is 0 Å². The van der Waals surface area contributed by atoms with Crippen LogP contribution in [-0.4, -0.2) is 34.8 Å². The lowest BCUT2D eigenvalue weighted by Crippen LogP contribution is -2.44. The zero-order chi connectivity index (χ0) is 24.7. The first kappa shape index (κ1) is 25.3. The van der Waals surface area contributed by atoms with Crippen LogP contribution in [0.1, 0.15) is 29.3 Å². The standard InChI is InChI=1S/C25H26F3N3O2S/c1-3-11-30(25(33)29-22-9-8-20(27)13-21(22)28)16-24(32)31(15-23-17(2)10-12-34-23)14-18-4-6-19(26)7-5-18/h4-10,12-13H,3,11,14-16H2,1-2H3,(H,29,33). The Balaban J connectivity index is 1.77. The molecule has 0 aliphatic heterocycles. The Morgan fingerprint density at radius 2 is 1.65 bits per heavy atom. The minimum atomic E-state index is -0.901. The summed E-state index contributed by atoms with van der Waals surface area (Å²) in [7, 11) is 0. The minimum absolute atomic E-state index is 0.169. The molecule has 180 valence electrons. The van der Waals surface area contributed by atoms with Gasteiger partial charge in [-0.25, -0.2) is 18.0 Å². The molecule has 3 rings (SSSR count). The van der Waals surface area contributed by atoms with Gasteiger partial charge in [0.2, 0.25) is 5.91 Å². The van der Waals surface area contributed by atoms with Crippen LogP contribution in [0.25, 0.3) is 0 Å². The number of benzene rings is 2. The molecule has 0 bridgehead atoms. The highest BCUT2D eigenvalue weighted by Crippen LogP contribution is 2.20. The van der Waals surface area contributed by atoms with Gasteiger partial charge in [0.1, 0.15) is 24.0 Å². The van der Waals surface area contributed by atoms with Gasteiger partial charge in [-0.15, -0.1) is 11.3 Å². The topological polar surface area (TPSA) is 52.7 Å². The lowest BCUT2D eigenvalue weighted by molar-refractivity contribution is -0.133. The molecule has 0 radical (unpaired) electrons. The van der Waals surface area contributed by atoms with Crippen molar-refractivity contribution in [3.8, 4) is 0 Å². The molecule has 0 saturated heterocycles. The van der Waals surface area contributed by atoms with E-state index in [1.807, 2.05) is 25.3 Å². The fourth-order valence-electron chi connectivity index (χ4n) is 3.35. The molecular weight excluding hydrogens is 463 g/mol. The van der Waals surface area contributed by atoms with E-state index in [1.165, 1.54) is 28.4 Å². The molecule has 5 nitrogen and oxygen atoms in total. The van der Waals surface area contributed by atoms with Crippen LogP contribution in [-0.2, 0) is 17.9 Å². The summed E-state index contributed by atoms with van der Waals surface area (Å²) in [5.74, 6) is -2.33. The fourth-order valence-corrected chi connectivity index (χ4v) is 4.27. The number of thiophene rings is 1. The molecule has 3 aromatic rings. The van der Waals surface area contributed by atoms with Gasteiger partial charge < -0.3 is 15.1 Å². The van der Waals surface area contributed by atoms with E-state index in [4.69, 9.17) is 0 Å². The first-order chi connectivity index (χ1) is 16.3. The SMILES string of the molecule is CCCN(CC(=O)N(Cc1ccc(F)cc1)Cc1sccc1C)C(=O)Nc1ccc(F)cc1F. The summed E-state index contributed by atoms with van der Waals surface area (Å²) in [4.78, 5) is 30.0. The number of nitrogens with zero attached hydrogens (tertiary/aromatic N) is 2. The largest absolute Gasteiger partial charge is 0.332 e. The number of urea groups is 1. The second-order valence-electron chi connectivity index (χ2n) is 7.88. The highest BCUT2D eigenvalue weighted by molar-refractivity contribution is 7.10. The van der Waals surface area contributed by atoms with Gasteiger partial charge >= 0.3 is 6.03 Å². The number of carbonyl (C=O) groups is 2. The maximum atomic E-state index is 14.0. The zero-order valence-corrected chi connectivity index (χ0v) is 19.8. The van der Waals surface area contributed by atoms with Gasteiger partial charge in [-0.2, -0.15) is 0 Å². The van der Waals surface area contributed by atoms with Crippen molar-refractivity contribution >= 4 is 29.0 Å². The Morgan fingerprint density at radius 3 is 2.26 bits per heavy atom. The number of hydrogen-bond donors (Lipinski definition) is 1. The van der Waals surface area contributed by atoms with Crippen LogP contribution in [0, 0.1) is 24.4 Å². The van der Waals surface area contributed by atoms with Crippen molar-refractivity contribution in [2.24, 2.45) is 0 Å². The monoisotopic (exact) mass is 489 g/mol. The van der Waals surface area contributed by atoms with Crippen molar-refractivity contribution in [1.29, 1.82) is 0 Å². The van der Waals surface area contributed by atoms with Crippen LogP contribution in [0.3, 0.4) is 0 Å². The Bertz CT molecular complexity index is 1130. The number of nitrogens with one attached hydrogen (secondary N) is 1. The van der Waals surface area contributed by atoms with E-state index in [2.05, 4.69) is 5.32 Å². The molecule has 0 aliphatic carbocycles. The molecule has 9 heteroatoms. The summed E-state index contributed by atoms with van der Waals surface area (Å²) in [5, 5.41) is 4.36. The first-order valence-electron chi connectivity index (χ1n) is 10.8. The molecule has 0 aliphatic rings. The highest BCUT2D eigenvalue weighted by atomic mass is 32.1. The molecule has 0 spiro atoms. The van der Waals surface area contributed by atoms with Crippen molar-refractivity contribution in [3.63, 3.8) is 0 Å². The van der Waals surface area contributed by atoms with Crippen molar-refractivity contribution in [1.82, 2.24) is 9.80 Å². The Hall–Kier alpha value is -3.33. The lowest BCUT2D eigenvalue weighted by atomic mass is 10.2. The van der Waals surface area contributed by atoms with E-state index >= 15 is 0 Å². The number of anilines is 1. The van der Waals surface area contributed by atoms with Gasteiger partial charge in [-0.05, 0) is 60.2 Å². The Morgan fingerprint density at radius 1 is 0.941 bits per heavy atom. The maximum absolute atomic E-state index is 14.0. The molecule has 0 unspecified atom stereocenters. The van der Waals surface area contributed by atoms with E-state index in [0.717, 1.165) is 28.1 Å². The Labute approximate surface area is 200 Å². The van der Waals surface area contributed by atoms with Crippen molar-refractivity contribution < 1.29 is 22.8 Å². The summed E-state index contributed by atoms with van der Waals surface area (Å²) in [6.07, 6.45) is 0.578. The summed E-state index contributed by atoms with van der Waals surface area (Å²) in [6, 6.07) is 10.1. The highest BCUT2D eigenvalue weighted by Gasteiger charge is 2.23. The van der Waals surface area contributed by atoms with E-state index in [9.17, 15) is 22.8 Å². The molecule has 0 saturated carbocycles. The van der Waals surface area contributed by atoms with Crippen LogP contribution in [0.2, 0.25) is 0 Å². The second kappa shape index (κ2) is 11.7. The molecule has 3 amide bonds. The predicted octanol–water partition coefficient (Wildman–Crippen LogP) is 5.95. The number of hydrogen-bond acceptors (Lipinski definition) is 3. The van der Waals surface area contributed by atoms with Crippen molar-refractivity contribution in [2.75, 3.05) is 18.4 Å². The van der Waals surface area contributed by atoms with Gasteiger partial charge in [-0.3, -0.25) is 4.79 Å². The van der Waals surface area contributed by atoms with E-state index in [1.54, 1.807) is 17.0 Å². The zero-order valence-electron chi connectivity index (χ0n) is 19.0. The first-order valence-corrected chi connectivity index (χ1v) is 11.7. The molecular formula is C25H26F3N3O2S. The second-order valence-corrected chi connectivity index (χ2v) is 8.88. The van der Waals surface area contributed by atoms with Gasteiger partial charge in [-0.1, -0.05) is 19.1 Å². The third-order valence-electron chi connectivity index (χ3n) is 5.22. The third kappa shape index (κ3) is 6.84. The van der Waals surface area contributed by atoms with Crippen molar-refractivity contribution in [3.05, 3.63) is 87.4 Å². The van der Waals surface area contributed by atoms with E-state index in [0.29, 0.717) is 19.0 Å². The third-order valence-corrected chi connectivity index (χ3v) is 6.23. The number of rotatable bonds is 9. The lowest BCUT2D eigenvalue weighted by Gasteiger charge is -2.28. The fraction of sp³-hybridized carbons (Fsp3) is 0.280. The maximum Gasteiger partial charge on any atom is 0.322 e. The van der Waals surface area contributed by atoms with E-state index < -0.39 is 17.7 Å². The number of amides is 3. The number of halogens is 3. The summed E-state index contributed by atoms with van der Waals surface area (Å²) in [5.41, 5.74) is 1.64. The molecule has 1 aromatic heterocycles. The van der Waals surface area contributed by atoms with Crippen LogP contribution in [0.15, 0.2) is 53.9 Å². The molecule has 0 fully saturated rings. The van der Waals surface area contributed by atoms with Crippen LogP contribution >= 0.6 is 11.3 Å². The quantitative estimate of drug-likeness (QED) is 0.404. The van der Waals surface area contributed by atoms with Crippen LogP contribution < -0.4 is 5.32 Å². The Kier molecular flexibility index (Phi) is 8.70. The summed E-state index contributed by atoms with van der Waals surface area (Å²) >= 11 is 1.53. The van der Waals surface area contributed by atoms with Gasteiger partial charge in [0.15, 0.2) is 0 Å². The smallest absolute Gasteiger partial charge is 0.322 e. The van der Waals surface area contributed by atoms with E-state index in [-0.39, 0.29) is 37.0 Å². The normalized spacial score (nSPS) is 10.7.